The normalized spacial score (nSPS) is 20.5. The van der Waals surface area contributed by atoms with E-state index in [1.807, 2.05) is 111 Å². The van der Waals surface area contributed by atoms with E-state index >= 15 is 0 Å². The fourth-order valence-corrected chi connectivity index (χ4v) is 20.4. The average Bonchev–Trinajstić information content (AvgIpc) is 0.900. The number of carbonyl (C=O) groups is 9. The fraction of sp³-hybridized carbons (Fsp3) is 0.819. The molecule has 5 saturated heterocycles. The van der Waals surface area contributed by atoms with Crippen LogP contribution in [0.4, 0.5) is 54.5 Å². The molecule has 844 valence electrons. The number of para-hydroxylation sites is 2. The molecule has 0 spiro atoms. The number of anilines is 2. The third kappa shape index (κ3) is 50.8. The number of benzene rings is 2. The van der Waals surface area contributed by atoms with E-state index in [1.54, 1.807) is 96.4 Å². The van der Waals surface area contributed by atoms with Crippen LogP contribution in [0.2, 0.25) is 0 Å². The lowest BCUT2D eigenvalue weighted by atomic mass is 9.54. The summed E-state index contributed by atoms with van der Waals surface area (Å²) in [6, 6.07) is 18.1. The van der Waals surface area contributed by atoms with Gasteiger partial charge >= 0.3 is 54.8 Å². The van der Waals surface area contributed by atoms with E-state index in [-0.39, 0.29) is 95.6 Å². The predicted molar refractivity (Wildman–Crippen MR) is 580 cm³/mol. The van der Waals surface area contributed by atoms with Crippen molar-refractivity contribution in [3.8, 4) is 0 Å². The summed E-state index contributed by atoms with van der Waals surface area (Å²) in [5, 5.41) is 49.7. The molecule has 31 heteroatoms. The van der Waals surface area contributed by atoms with Gasteiger partial charge in [0.2, 0.25) is 0 Å². The number of unbranched alkanes of at least 4 members (excludes halogenated alkanes) is 10. The maximum atomic E-state index is 12.4. The number of likely N-dealkylation sites (tertiary alicyclic amines) is 5. The molecule has 0 aromatic heterocycles. The first-order chi connectivity index (χ1) is 69.1. The maximum absolute atomic E-state index is 12.4. The number of aliphatic hydroxyl groups is 5. The van der Waals surface area contributed by atoms with Gasteiger partial charge in [-0.15, -0.1) is 0 Å². The molecule has 9 amide bonds. The fourth-order valence-electron chi connectivity index (χ4n) is 20.4. The van der Waals surface area contributed by atoms with Gasteiger partial charge in [0.05, 0.1) is 36.2 Å². The first-order valence-electron chi connectivity index (χ1n) is 56.8. The second kappa shape index (κ2) is 64.0. The Balaban J connectivity index is 0.000000297. The highest BCUT2D eigenvalue weighted by Crippen LogP contribution is 2.57. The van der Waals surface area contributed by atoms with Gasteiger partial charge in [0.1, 0.15) is 50.4 Å². The number of hydrogen-bond donors (Lipinski definition) is 6. The van der Waals surface area contributed by atoms with E-state index in [0.717, 1.165) is 118 Å². The van der Waals surface area contributed by atoms with Gasteiger partial charge in [0.25, 0.3) is 0 Å². The van der Waals surface area contributed by atoms with Gasteiger partial charge in [-0.1, -0.05) is 168 Å². The molecule has 6 aliphatic carbocycles. The standard InChI is InChI=1S/C21H43NO2.C17H21NO2.C16H23NO4.C15H27NO3.C13H23NO3.C13H25NO3.C11H21NO3.C10H19NO3/c1-6-8-10-12-14-16-18-22(20(23)24-21(3,4)5)19-17-15-13-11-9-7-2;19-16(18-15-4-2-1-3-5-15)20-17-9-12-6-13(10-17)8-14(7-12)11-17;1-15(2,3)20-13(18)17(12-10-8-7-9-11-12)14(19)21-16(4,5)6;1-15(2,12-6-4-3-5-7-12)19-14(18)16-10-8-13(17)9-11-16;1-2-13(7-3-4-8-13)17-12(16)14-9-5-11(15)6-10-14;1-4-13(5-2,6-3)17-12(16)14-9-7-11(15)8-10-14;1-4-11(2,3)15-10(14)12-7-5-9(13)6-8-12;1-10(2,3)14-9(13)11-6-4-8(12)5-7-11/h6-19H2,1-5H3;1-5,12-14H,6-11H2,(H,18,19);7-11H,1-6H3;12-13,17H,3-11H2,1-2H3;11,15H,2-10H2,1H3;11,15H,4-10H2,1-3H3;9,13H,4-8H2,1-3H3;8,12H,4-7H2,1-3H3. The summed E-state index contributed by atoms with van der Waals surface area (Å²) >= 11 is 0. The Morgan fingerprint density at radius 1 is 0.354 bits per heavy atom. The summed E-state index contributed by atoms with van der Waals surface area (Å²) in [5.74, 6) is 2.88. The molecular formula is C116H202N8O23. The largest absolute Gasteiger partial charge is 0.444 e. The van der Waals surface area contributed by atoms with Crippen molar-refractivity contribution in [2.75, 3.05) is 88.8 Å². The number of piperidine rings is 5. The predicted octanol–water partition coefficient (Wildman–Crippen LogP) is 26.4. The van der Waals surface area contributed by atoms with E-state index in [2.05, 4.69) is 46.9 Å². The molecule has 13 rings (SSSR count). The number of nitrogens with one attached hydrogen (secondary N) is 1. The first kappa shape index (κ1) is 129. The van der Waals surface area contributed by atoms with Crippen molar-refractivity contribution in [2.45, 2.75) is 510 Å². The lowest BCUT2D eigenvalue weighted by Crippen LogP contribution is -2.53. The second-order valence-corrected chi connectivity index (χ2v) is 47.7. The monoisotopic (exact) mass is 2080 g/mol. The number of amides is 9. The minimum atomic E-state index is -0.761. The van der Waals surface area contributed by atoms with Crippen LogP contribution >= 0.6 is 0 Å². The number of ether oxygens (including phenoxy) is 9. The molecule has 6 saturated carbocycles. The van der Waals surface area contributed by atoms with Crippen molar-refractivity contribution in [3.63, 3.8) is 0 Å². The van der Waals surface area contributed by atoms with Crippen LogP contribution in [0, 0.1) is 23.7 Å². The van der Waals surface area contributed by atoms with Crippen LogP contribution in [0.25, 0.3) is 0 Å². The van der Waals surface area contributed by atoms with Gasteiger partial charge in [-0.05, 0) is 345 Å². The Labute approximate surface area is 885 Å². The third-order valence-electron chi connectivity index (χ3n) is 29.6. The van der Waals surface area contributed by atoms with Crippen LogP contribution < -0.4 is 10.2 Å². The molecule has 6 N–H and O–H groups in total. The minimum absolute atomic E-state index is 0.135. The summed E-state index contributed by atoms with van der Waals surface area (Å²) in [6.45, 7) is 52.2. The van der Waals surface area contributed by atoms with E-state index in [1.165, 1.54) is 128 Å². The van der Waals surface area contributed by atoms with Crippen LogP contribution in [0.3, 0.4) is 0 Å². The second-order valence-electron chi connectivity index (χ2n) is 47.7. The van der Waals surface area contributed by atoms with E-state index in [4.69, 9.17) is 42.6 Å². The van der Waals surface area contributed by atoms with Crippen LogP contribution in [0.15, 0.2) is 60.7 Å². The van der Waals surface area contributed by atoms with Crippen molar-refractivity contribution in [2.24, 2.45) is 23.7 Å². The summed E-state index contributed by atoms with van der Waals surface area (Å²) in [5.41, 5.74) is -2.47. The first-order valence-corrected chi connectivity index (χ1v) is 56.8. The summed E-state index contributed by atoms with van der Waals surface area (Å²) in [6.07, 6.45) is 39.4. The molecule has 11 fully saturated rings. The molecule has 147 heavy (non-hydrogen) atoms. The van der Waals surface area contributed by atoms with Crippen LogP contribution in [-0.2, 0) is 42.6 Å². The summed E-state index contributed by atoms with van der Waals surface area (Å²) in [4.78, 5) is 120. The molecule has 4 bridgehead atoms. The van der Waals surface area contributed by atoms with E-state index < -0.39 is 40.2 Å². The number of imide groups is 1. The van der Waals surface area contributed by atoms with Gasteiger partial charge in [-0.2, -0.15) is 4.90 Å². The molecule has 0 radical (unpaired) electrons. The number of hydrogen-bond acceptors (Lipinski definition) is 23. The summed E-state index contributed by atoms with van der Waals surface area (Å²) < 4.78 is 49.8. The van der Waals surface area contributed by atoms with Crippen molar-refractivity contribution < 1.29 is 111 Å². The molecular weight excluding hydrogens is 1870 g/mol. The van der Waals surface area contributed by atoms with Gasteiger partial charge in [0, 0.05) is 84.2 Å². The quantitative estimate of drug-likeness (QED) is 0.0357. The Bertz CT molecular complexity index is 3930. The minimum Gasteiger partial charge on any atom is -0.444 e. The van der Waals surface area contributed by atoms with Crippen molar-refractivity contribution >= 4 is 66.2 Å². The zero-order valence-electron chi connectivity index (χ0n) is 95.4. The highest BCUT2D eigenvalue weighted by molar-refractivity contribution is 6.09. The molecule has 0 unspecified atom stereocenters. The van der Waals surface area contributed by atoms with Gasteiger partial charge < -0.3 is 97.6 Å². The highest BCUT2D eigenvalue weighted by atomic mass is 16.6. The van der Waals surface area contributed by atoms with E-state index in [9.17, 15) is 68.7 Å². The molecule has 2 aromatic rings. The third-order valence-corrected chi connectivity index (χ3v) is 29.6. The Hall–Kier alpha value is -8.13. The van der Waals surface area contributed by atoms with Crippen LogP contribution in [0.5, 0.6) is 0 Å². The zero-order valence-corrected chi connectivity index (χ0v) is 95.4. The SMILES string of the molecule is CC(C)(C)OC(=O)N(C(=O)OC(C)(C)C)c1ccccc1.CC(C)(C)OC(=O)N1CCC(O)CC1.CC(C)(OC(=O)N1CCC(O)CC1)C1CCCCC1.CCC(C)(C)OC(=O)N1CCC(O)CC1.CCC(CC)(CC)OC(=O)N1CCC(O)CC1.CCC1(OC(=O)N2CCC(O)CC2)CCCC1.CCCCCCCCN(CCCCCCCC)C(=O)OC(C)(C)C.O=C(Nc1ccccc1)OC12CC3CC(CC(C3)C1)C2. The Kier molecular flexibility index (Phi) is 56.3. The number of rotatable bonds is 27. The Morgan fingerprint density at radius 2 is 0.680 bits per heavy atom. The highest BCUT2D eigenvalue weighted by Gasteiger charge is 2.54. The molecule has 2 aromatic carbocycles. The molecule has 0 atom stereocenters. The molecule has 5 heterocycles. The van der Waals surface area contributed by atoms with Gasteiger partial charge in [-0.3, -0.25) is 5.32 Å². The number of nitrogens with zero attached hydrogens (tertiary/aromatic N) is 7. The van der Waals surface area contributed by atoms with Crippen molar-refractivity contribution in [1.82, 2.24) is 29.4 Å². The molecule has 5 aliphatic heterocycles. The average molecular weight is 2080 g/mol. The summed E-state index contributed by atoms with van der Waals surface area (Å²) in [7, 11) is 0. The zero-order chi connectivity index (χ0) is 109. The molecule has 11 aliphatic rings. The maximum Gasteiger partial charge on any atom is 0.424 e. The van der Waals surface area contributed by atoms with Gasteiger partial charge in [-0.25, -0.2) is 43.2 Å². The topological polar surface area (TPSA) is 373 Å². The van der Waals surface area contributed by atoms with E-state index in [0.29, 0.717) is 141 Å². The van der Waals surface area contributed by atoms with Crippen molar-refractivity contribution in [3.05, 3.63) is 60.7 Å². The molecule has 31 nitrogen and oxygen atoms in total. The Morgan fingerprint density at radius 3 is 1.03 bits per heavy atom. The lowest BCUT2D eigenvalue weighted by molar-refractivity contribution is -0.124. The van der Waals surface area contributed by atoms with Crippen LogP contribution in [-0.4, -0.2) is 269 Å². The smallest absolute Gasteiger partial charge is 0.424 e. The van der Waals surface area contributed by atoms with Gasteiger partial charge in [0.15, 0.2) is 0 Å². The lowest BCUT2D eigenvalue weighted by Gasteiger charge is -2.55. The number of carbonyl (C=O) groups excluding carboxylic acids is 9. The number of aliphatic hydroxyl groups excluding tert-OH is 5. The van der Waals surface area contributed by atoms with Crippen molar-refractivity contribution in [1.29, 1.82) is 0 Å². The van der Waals surface area contributed by atoms with Crippen LogP contribution in [0.1, 0.15) is 429 Å².